The van der Waals surface area contributed by atoms with E-state index in [1.165, 1.54) is 4.90 Å². The summed E-state index contributed by atoms with van der Waals surface area (Å²) in [6, 6.07) is 20.8. The summed E-state index contributed by atoms with van der Waals surface area (Å²) in [5.74, 6) is 0.0762. The number of anilines is 1. The van der Waals surface area contributed by atoms with Crippen LogP contribution in [0, 0.1) is 12.8 Å². The van der Waals surface area contributed by atoms with Crippen LogP contribution in [0.4, 0.5) is 5.69 Å². The van der Waals surface area contributed by atoms with Crippen LogP contribution in [0.3, 0.4) is 0 Å². The first-order valence-electron chi connectivity index (χ1n) is 12.5. The highest BCUT2D eigenvalue weighted by atomic mass is 16.5. The van der Waals surface area contributed by atoms with Crippen LogP contribution in [0.5, 0.6) is 11.5 Å². The van der Waals surface area contributed by atoms with E-state index < -0.39 is 17.7 Å². The summed E-state index contributed by atoms with van der Waals surface area (Å²) in [7, 11) is 0. The van der Waals surface area contributed by atoms with Gasteiger partial charge >= 0.3 is 0 Å². The summed E-state index contributed by atoms with van der Waals surface area (Å²) in [6.45, 7) is 10.5. The Bertz CT molecular complexity index is 1310. The molecule has 0 aromatic heterocycles. The Morgan fingerprint density at radius 3 is 2.16 bits per heavy atom. The minimum Gasteiger partial charge on any atom is -0.507 e. The number of carbonyl (C=O) groups excluding carboxylic acids is 2. The minimum atomic E-state index is -0.783. The van der Waals surface area contributed by atoms with Gasteiger partial charge < -0.3 is 14.6 Å². The number of amides is 1. The van der Waals surface area contributed by atoms with Crippen LogP contribution in [0.2, 0.25) is 0 Å². The fourth-order valence-electron chi connectivity index (χ4n) is 4.34. The molecule has 1 N–H and O–H groups in total. The van der Waals surface area contributed by atoms with Gasteiger partial charge in [-0.1, -0.05) is 43.7 Å². The molecule has 6 nitrogen and oxygen atoms in total. The summed E-state index contributed by atoms with van der Waals surface area (Å²) < 4.78 is 11.5. The van der Waals surface area contributed by atoms with Gasteiger partial charge in [-0.2, -0.15) is 0 Å². The maximum absolute atomic E-state index is 13.4. The normalized spacial score (nSPS) is 17.1. The molecule has 0 bridgehead atoms. The molecule has 1 aliphatic heterocycles. The Balaban J connectivity index is 1.78. The third-order valence-electron chi connectivity index (χ3n) is 6.00. The zero-order valence-electron chi connectivity index (χ0n) is 21.9. The Morgan fingerprint density at radius 2 is 1.57 bits per heavy atom. The number of hydrogen-bond acceptors (Lipinski definition) is 5. The maximum Gasteiger partial charge on any atom is 0.300 e. The van der Waals surface area contributed by atoms with E-state index in [0.29, 0.717) is 35.3 Å². The van der Waals surface area contributed by atoms with Crippen molar-refractivity contribution in [2.75, 3.05) is 11.5 Å². The van der Waals surface area contributed by atoms with Gasteiger partial charge in [-0.25, -0.2) is 0 Å². The van der Waals surface area contributed by atoms with E-state index in [9.17, 15) is 14.7 Å². The maximum atomic E-state index is 13.4. The molecule has 1 atom stereocenters. The van der Waals surface area contributed by atoms with Crippen molar-refractivity contribution in [3.05, 3.63) is 95.1 Å². The van der Waals surface area contributed by atoms with Gasteiger partial charge in [-0.05, 0) is 80.8 Å². The topological polar surface area (TPSA) is 76.1 Å². The molecule has 1 amide bonds. The van der Waals surface area contributed by atoms with Crippen LogP contribution >= 0.6 is 0 Å². The molecule has 0 spiro atoms. The lowest BCUT2D eigenvalue weighted by Gasteiger charge is -2.26. The molecule has 1 saturated heterocycles. The molecule has 1 aliphatic rings. The van der Waals surface area contributed by atoms with Crippen molar-refractivity contribution in [1.82, 2.24) is 0 Å². The van der Waals surface area contributed by atoms with E-state index in [2.05, 4.69) is 13.8 Å². The molecular formula is C31H33NO5. The van der Waals surface area contributed by atoms with Crippen molar-refractivity contribution in [3.63, 3.8) is 0 Å². The second kappa shape index (κ2) is 10.9. The van der Waals surface area contributed by atoms with Crippen molar-refractivity contribution >= 4 is 23.1 Å². The monoisotopic (exact) mass is 499 g/mol. The molecule has 1 heterocycles. The zero-order valence-corrected chi connectivity index (χ0v) is 21.9. The zero-order chi connectivity index (χ0) is 26.7. The number of aliphatic hydroxyl groups excluding tert-OH is 1. The average Bonchev–Trinajstić information content (AvgIpc) is 3.13. The number of aliphatic hydroxyl groups is 1. The van der Waals surface area contributed by atoms with E-state index in [1.54, 1.807) is 48.5 Å². The molecule has 1 fully saturated rings. The Hall–Kier alpha value is -4.06. The number of carbonyl (C=O) groups is 2. The SMILES string of the molecule is Cc1cccc(C2/C(=C(/O)c3ccc(OC(C)C)cc3)C(=O)C(=O)N2c2ccc(OCC(C)C)cc2)c1. The van der Waals surface area contributed by atoms with E-state index in [0.717, 1.165) is 11.1 Å². The summed E-state index contributed by atoms with van der Waals surface area (Å²) in [5.41, 5.74) is 2.75. The molecule has 0 saturated carbocycles. The smallest absolute Gasteiger partial charge is 0.300 e. The van der Waals surface area contributed by atoms with Gasteiger partial charge in [0, 0.05) is 11.3 Å². The number of rotatable bonds is 8. The molecule has 3 aromatic rings. The van der Waals surface area contributed by atoms with Crippen LogP contribution in [0.1, 0.15) is 50.4 Å². The number of ketones is 1. The fraction of sp³-hybridized carbons (Fsp3) is 0.290. The predicted octanol–water partition coefficient (Wildman–Crippen LogP) is 6.44. The first-order valence-corrected chi connectivity index (χ1v) is 12.5. The van der Waals surface area contributed by atoms with E-state index >= 15 is 0 Å². The average molecular weight is 500 g/mol. The van der Waals surface area contributed by atoms with Crippen LogP contribution in [0.25, 0.3) is 5.76 Å². The van der Waals surface area contributed by atoms with Crippen LogP contribution < -0.4 is 14.4 Å². The summed E-state index contributed by atoms with van der Waals surface area (Å²) in [6.07, 6.45) is 0.00764. The molecule has 0 radical (unpaired) electrons. The highest BCUT2D eigenvalue weighted by Crippen LogP contribution is 2.42. The minimum absolute atomic E-state index is 0.00764. The molecule has 0 aliphatic carbocycles. The Morgan fingerprint density at radius 1 is 0.919 bits per heavy atom. The number of benzene rings is 3. The molecule has 1 unspecified atom stereocenters. The molecular weight excluding hydrogens is 466 g/mol. The van der Waals surface area contributed by atoms with Crippen LogP contribution in [-0.2, 0) is 9.59 Å². The second-order valence-electron chi connectivity index (χ2n) is 9.97. The van der Waals surface area contributed by atoms with Gasteiger partial charge in [0.2, 0.25) is 0 Å². The standard InChI is InChI=1S/C31H33NO5/c1-19(2)18-36-25-15-11-24(12-16-25)32-28(23-8-6-7-21(5)17-23)27(30(34)31(32)35)29(33)22-9-13-26(14-10-22)37-20(3)4/h6-17,19-20,28,33H,18H2,1-5H3/b29-27-. The molecule has 192 valence electrons. The lowest BCUT2D eigenvalue weighted by Crippen LogP contribution is -2.29. The van der Waals surface area contributed by atoms with E-state index in [1.807, 2.05) is 45.0 Å². The molecule has 6 heteroatoms. The predicted molar refractivity (Wildman–Crippen MR) is 145 cm³/mol. The fourth-order valence-corrected chi connectivity index (χ4v) is 4.34. The Kier molecular flexibility index (Phi) is 7.67. The van der Waals surface area contributed by atoms with Crippen molar-refractivity contribution in [2.24, 2.45) is 5.92 Å². The second-order valence-corrected chi connectivity index (χ2v) is 9.97. The quantitative estimate of drug-likeness (QED) is 0.219. The Labute approximate surface area is 218 Å². The van der Waals surface area contributed by atoms with Gasteiger partial charge in [0.1, 0.15) is 17.3 Å². The number of hydrogen-bond donors (Lipinski definition) is 1. The van der Waals surface area contributed by atoms with Crippen molar-refractivity contribution in [3.8, 4) is 11.5 Å². The molecule has 4 rings (SSSR count). The lowest BCUT2D eigenvalue weighted by molar-refractivity contribution is -0.132. The van der Waals surface area contributed by atoms with E-state index in [-0.39, 0.29) is 17.4 Å². The van der Waals surface area contributed by atoms with E-state index in [4.69, 9.17) is 9.47 Å². The van der Waals surface area contributed by atoms with Gasteiger partial charge in [0.15, 0.2) is 0 Å². The highest BCUT2D eigenvalue weighted by Gasteiger charge is 2.47. The van der Waals surface area contributed by atoms with Gasteiger partial charge in [-0.3, -0.25) is 14.5 Å². The van der Waals surface area contributed by atoms with Crippen molar-refractivity contribution < 1.29 is 24.2 Å². The lowest BCUT2D eigenvalue weighted by atomic mass is 9.94. The summed E-state index contributed by atoms with van der Waals surface area (Å²) >= 11 is 0. The number of aryl methyl sites for hydroxylation is 1. The van der Waals surface area contributed by atoms with Gasteiger partial charge in [0.05, 0.1) is 24.3 Å². The van der Waals surface area contributed by atoms with Gasteiger partial charge in [-0.15, -0.1) is 0 Å². The molecule has 3 aromatic carbocycles. The number of nitrogens with zero attached hydrogens (tertiary/aromatic N) is 1. The first kappa shape index (κ1) is 26.0. The largest absolute Gasteiger partial charge is 0.507 e. The van der Waals surface area contributed by atoms with Crippen LogP contribution in [-0.4, -0.2) is 29.5 Å². The van der Waals surface area contributed by atoms with Crippen molar-refractivity contribution in [1.29, 1.82) is 0 Å². The first-order chi connectivity index (χ1) is 17.7. The number of Topliss-reactive ketones (excluding diaryl/α,β-unsaturated/α-hetero) is 1. The van der Waals surface area contributed by atoms with Crippen molar-refractivity contribution in [2.45, 2.75) is 46.8 Å². The highest BCUT2D eigenvalue weighted by molar-refractivity contribution is 6.51. The third-order valence-corrected chi connectivity index (χ3v) is 6.00. The number of ether oxygens (including phenoxy) is 2. The summed E-state index contributed by atoms with van der Waals surface area (Å²) in [4.78, 5) is 28.2. The molecule has 37 heavy (non-hydrogen) atoms. The van der Waals surface area contributed by atoms with Gasteiger partial charge in [0.25, 0.3) is 11.7 Å². The third kappa shape index (κ3) is 5.69. The van der Waals surface area contributed by atoms with Crippen LogP contribution in [0.15, 0.2) is 78.4 Å². The summed E-state index contributed by atoms with van der Waals surface area (Å²) in [5, 5.41) is 11.3.